The zero-order valence-electron chi connectivity index (χ0n) is 8.66. The van der Waals surface area contributed by atoms with Gasteiger partial charge < -0.3 is 5.32 Å². The summed E-state index contributed by atoms with van der Waals surface area (Å²) in [6, 6.07) is 2.46. The Morgan fingerprint density at radius 2 is 2.13 bits per heavy atom. The molecule has 1 saturated heterocycles. The first-order valence-corrected chi connectivity index (χ1v) is 7.04. The summed E-state index contributed by atoms with van der Waals surface area (Å²) in [5.74, 6) is 3.23. The predicted octanol–water partition coefficient (Wildman–Crippen LogP) is 2.86. The molecule has 2 heterocycles. The summed E-state index contributed by atoms with van der Waals surface area (Å²) in [6.45, 7) is 1.98. The number of hydrogen-bond acceptors (Lipinski definition) is 4. The maximum absolute atomic E-state index is 4.37. The topological polar surface area (TPSA) is 37.8 Å². The largest absolute Gasteiger partial charge is 0.351 e. The zero-order chi connectivity index (χ0) is 10.7. The van der Waals surface area contributed by atoms with E-state index in [1.54, 1.807) is 0 Å². The average molecular weight is 288 g/mol. The molecule has 0 bridgehead atoms. The number of aromatic nitrogens is 2. The van der Waals surface area contributed by atoms with Crippen LogP contribution in [0.2, 0.25) is 0 Å². The number of thioether (sulfide) groups is 1. The first-order chi connectivity index (χ1) is 7.24. The van der Waals surface area contributed by atoms with Gasteiger partial charge in [-0.15, -0.1) is 0 Å². The van der Waals surface area contributed by atoms with Gasteiger partial charge in [0.2, 0.25) is 5.95 Å². The SMILES string of the molecule is Cc1cc(Br)nc(NC2CCSCC2)n1. The van der Waals surface area contributed by atoms with Crippen LogP contribution in [0.15, 0.2) is 10.7 Å². The van der Waals surface area contributed by atoms with Gasteiger partial charge in [-0.25, -0.2) is 9.97 Å². The lowest BCUT2D eigenvalue weighted by atomic mass is 10.2. The minimum atomic E-state index is 0.542. The quantitative estimate of drug-likeness (QED) is 0.849. The first kappa shape index (κ1) is 11.2. The van der Waals surface area contributed by atoms with E-state index >= 15 is 0 Å². The van der Waals surface area contributed by atoms with Crippen molar-refractivity contribution in [3.8, 4) is 0 Å². The van der Waals surface area contributed by atoms with E-state index in [2.05, 4.69) is 31.2 Å². The smallest absolute Gasteiger partial charge is 0.224 e. The molecule has 1 aromatic heterocycles. The second kappa shape index (κ2) is 5.16. The summed E-state index contributed by atoms with van der Waals surface area (Å²) in [5.41, 5.74) is 0.990. The Bertz CT molecular complexity index is 319. The maximum atomic E-state index is 4.37. The van der Waals surface area contributed by atoms with E-state index in [-0.39, 0.29) is 0 Å². The van der Waals surface area contributed by atoms with Crippen LogP contribution in [0.3, 0.4) is 0 Å². The van der Waals surface area contributed by atoms with Crippen LogP contribution in [0.4, 0.5) is 5.95 Å². The van der Waals surface area contributed by atoms with E-state index in [1.165, 1.54) is 24.3 Å². The normalized spacial score (nSPS) is 17.7. The third-order valence-corrected chi connectivity index (χ3v) is 3.83. The lowest BCUT2D eigenvalue weighted by Crippen LogP contribution is -2.25. The molecular formula is C10H14BrN3S. The molecule has 3 nitrogen and oxygen atoms in total. The summed E-state index contributed by atoms with van der Waals surface area (Å²) < 4.78 is 0.850. The van der Waals surface area contributed by atoms with Gasteiger partial charge in [-0.05, 0) is 53.3 Å². The predicted molar refractivity (Wildman–Crippen MR) is 68.4 cm³/mol. The van der Waals surface area contributed by atoms with Crippen molar-refractivity contribution in [2.45, 2.75) is 25.8 Å². The number of rotatable bonds is 2. The van der Waals surface area contributed by atoms with E-state index in [0.29, 0.717) is 6.04 Å². The molecule has 0 atom stereocenters. The van der Waals surface area contributed by atoms with Crippen LogP contribution in [-0.2, 0) is 0 Å². The van der Waals surface area contributed by atoms with E-state index in [4.69, 9.17) is 0 Å². The zero-order valence-corrected chi connectivity index (χ0v) is 11.1. The van der Waals surface area contributed by atoms with Gasteiger partial charge in [0.15, 0.2) is 0 Å². The van der Waals surface area contributed by atoms with Gasteiger partial charge in [0.1, 0.15) is 4.60 Å². The lowest BCUT2D eigenvalue weighted by Gasteiger charge is -2.22. The lowest BCUT2D eigenvalue weighted by molar-refractivity contribution is 0.659. The molecule has 1 aliphatic rings. The highest BCUT2D eigenvalue weighted by atomic mass is 79.9. The highest BCUT2D eigenvalue weighted by Gasteiger charge is 2.14. The summed E-state index contributed by atoms with van der Waals surface area (Å²) in [4.78, 5) is 8.68. The van der Waals surface area contributed by atoms with Crippen molar-refractivity contribution >= 4 is 33.6 Å². The van der Waals surface area contributed by atoms with Gasteiger partial charge in [0, 0.05) is 11.7 Å². The fourth-order valence-corrected chi connectivity index (χ4v) is 3.22. The van der Waals surface area contributed by atoms with Crippen LogP contribution in [0.25, 0.3) is 0 Å². The molecule has 0 amide bonds. The van der Waals surface area contributed by atoms with Crippen LogP contribution in [-0.4, -0.2) is 27.5 Å². The third-order valence-electron chi connectivity index (χ3n) is 2.38. The molecule has 0 aromatic carbocycles. The number of nitrogens with one attached hydrogen (secondary N) is 1. The second-order valence-electron chi connectivity index (χ2n) is 3.69. The monoisotopic (exact) mass is 287 g/mol. The molecule has 0 unspecified atom stereocenters. The number of aryl methyl sites for hydroxylation is 1. The molecule has 1 fully saturated rings. The standard InChI is InChI=1S/C10H14BrN3S/c1-7-6-9(11)14-10(12-7)13-8-2-4-15-5-3-8/h6,8H,2-5H2,1H3,(H,12,13,14). The summed E-state index contributed by atoms with van der Waals surface area (Å²) in [7, 11) is 0. The van der Waals surface area contributed by atoms with Crippen molar-refractivity contribution in [3.63, 3.8) is 0 Å². The van der Waals surface area contributed by atoms with Crippen molar-refractivity contribution < 1.29 is 0 Å². The molecule has 0 saturated carbocycles. The number of nitrogens with zero attached hydrogens (tertiary/aromatic N) is 2. The van der Waals surface area contributed by atoms with E-state index in [1.807, 2.05) is 24.8 Å². The summed E-state index contributed by atoms with van der Waals surface area (Å²) in [6.07, 6.45) is 2.42. The highest BCUT2D eigenvalue weighted by Crippen LogP contribution is 2.20. The Kier molecular flexibility index (Phi) is 3.86. The Balaban J connectivity index is 2.02. The first-order valence-electron chi connectivity index (χ1n) is 5.09. The molecular weight excluding hydrogens is 274 g/mol. The molecule has 1 aromatic rings. The Hall–Kier alpha value is -0.290. The van der Waals surface area contributed by atoms with E-state index in [9.17, 15) is 0 Å². The van der Waals surface area contributed by atoms with Crippen molar-refractivity contribution in [2.75, 3.05) is 16.8 Å². The van der Waals surface area contributed by atoms with Gasteiger partial charge in [0.25, 0.3) is 0 Å². The fraction of sp³-hybridized carbons (Fsp3) is 0.600. The van der Waals surface area contributed by atoms with Gasteiger partial charge >= 0.3 is 0 Å². The number of hydrogen-bond donors (Lipinski definition) is 1. The number of halogens is 1. The minimum absolute atomic E-state index is 0.542. The Labute approximate surface area is 103 Å². The molecule has 0 radical (unpaired) electrons. The molecule has 5 heteroatoms. The van der Waals surface area contributed by atoms with Crippen LogP contribution in [0, 0.1) is 6.92 Å². The Morgan fingerprint density at radius 1 is 1.40 bits per heavy atom. The van der Waals surface area contributed by atoms with Crippen LogP contribution in [0.1, 0.15) is 18.5 Å². The van der Waals surface area contributed by atoms with Crippen LogP contribution >= 0.6 is 27.7 Å². The molecule has 15 heavy (non-hydrogen) atoms. The average Bonchev–Trinajstić information content (AvgIpc) is 2.17. The molecule has 0 spiro atoms. The fourth-order valence-electron chi connectivity index (χ4n) is 1.62. The summed E-state index contributed by atoms with van der Waals surface area (Å²) in [5, 5.41) is 3.40. The van der Waals surface area contributed by atoms with Crippen LogP contribution < -0.4 is 5.32 Å². The second-order valence-corrected chi connectivity index (χ2v) is 5.72. The molecule has 2 rings (SSSR count). The molecule has 1 aliphatic heterocycles. The van der Waals surface area contributed by atoms with Crippen LogP contribution in [0.5, 0.6) is 0 Å². The Morgan fingerprint density at radius 3 is 2.80 bits per heavy atom. The van der Waals surface area contributed by atoms with Gasteiger partial charge in [0.05, 0.1) is 0 Å². The molecule has 0 aliphatic carbocycles. The van der Waals surface area contributed by atoms with Gasteiger partial charge in [-0.1, -0.05) is 0 Å². The van der Waals surface area contributed by atoms with Gasteiger partial charge in [-0.2, -0.15) is 11.8 Å². The number of anilines is 1. The van der Waals surface area contributed by atoms with E-state index in [0.717, 1.165) is 16.2 Å². The highest BCUT2D eigenvalue weighted by molar-refractivity contribution is 9.10. The minimum Gasteiger partial charge on any atom is -0.351 e. The van der Waals surface area contributed by atoms with Crippen molar-refractivity contribution in [1.82, 2.24) is 9.97 Å². The summed E-state index contributed by atoms with van der Waals surface area (Å²) >= 11 is 5.41. The molecule has 82 valence electrons. The van der Waals surface area contributed by atoms with Gasteiger partial charge in [-0.3, -0.25) is 0 Å². The maximum Gasteiger partial charge on any atom is 0.224 e. The third kappa shape index (κ3) is 3.34. The van der Waals surface area contributed by atoms with Crippen molar-refractivity contribution in [3.05, 3.63) is 16.4 Å². The van der Waals surface area contributed by atoms with Crippen molar-refractivity contribution in [2.24, 2.45) is 0 Å². The van der Waals surface area contributed by atoms with E-state index < -0.39 is 0 Å². The van der Waals surface area contributed by atoms with Crippen molar-refractivity contribution in [1.29, 1.82) is 0 Å². The molecule has 1 N–H and O–H groups in total.